The van der Waals surface area contributed by atoms with Gasteiger partial charge in [-0.1, -0.05) is 30.3 Å². The van der Waals surface area contributed by atoms with Gasteiger partial charge in [-0.15, -0.1) is 0 Å². The molecule has 3 aromatic rings. The number of nitrogens with zero attached hydrogens (tertiary/aromatic N) is 3. The summed E-state index contributed by atoms with van der Waals surface area (Å²) in [5, 5.41) is 10.1. The third-order valence-electron chi connectivity index (χ3n) is 6.72. The quantitative estimate of drug-likeness (QED) is 0.584. The first-order valence-corrected chi connectivity index (χ1v) is 11.4. The maximum absolute atomic E-state index is 14.2. The highest BCUT2D eigenvalue weighted by atomic mass is 19.1. The van der Waals surface area contributed by atoms with Crippen LogP contribution in [0.25, 0.3) is 11.3 Å². The van der Waals surface area contributed by atoms with Crippen molar-refractivity contribution in [1.29, 1.82) is 0 Å². The number of likely N-dealkylation sites (tertiary alicyclic amines) is 1. The number of piperidine rings is 1. The van der Waals surface area contributed by atoms with Crippen LogP contribution in [0.1, 0.15) is 41.7 Å². The smallest absolute Gasteiger partial charge is 0.271 e. The molecule has 1 aliphatic heterocycles. The third kappa shape index (κ3) is 4.25. The first-order chi connectivity index (χ1) is 16.5. The number of hydrogen-bond acceptors (Lipinski definition) is 5. The Balaban J connectivity index is 1.19. The normalized spacial score (nSPS) is 17.3. The average molecular weight is 464 g/mol. The van der Waals surface area contributed by atoms with Gasteiger partial charge in [0.25, 0.3) is 5.91 Å². The Labute approximate surface area is 196 Å². The Morgan fingerprint density at radius 2 is 1.91 bits per heavy atom. The lowest BCUT2D eigenvalue weighted by atomic mass is 9.94. The first kappa shape index (κ1) is 22.1. The molecule has 9 heteroatoms. The molecule has 2 aromatic heterocycles. The van der Waals surface area contributed by atoms with Crippen molar-refractivity contribution < 1.29 is 18.7 Å². The van der Waals surface area contributed by atoms with E-state index in [9.17, 15) is 14.0 Å². The van der Waals surface area contributed by atoms with Crippen molar-refractivity contribution in [3.8, 4) is 17.1 Å². The molecule has 1 saturated heterocycles. The third-order valence-corrected chi connectivity index (χ3v) is 6.72. The van der Waals surface area contributed by atoms with E-state index in [4.69, 9.17) is 4.74 Å². The number of nitrogens with one attached hydrogen (secondary N) is 2. The minimum atomic E-state index is -0.554. The number of pyridine rings is 1. The SMILES string of the molecule is COc1cc(-c2cc(C(=O)N3CCC(C(=O)NC4(c5ccccc5)CC4)CC3)[nH]n2)c(F)cn1. The summed E-state index contributed by atoms with van der Waals surface area (Å²) in [6, 6.07) is 13.0. The predicted molar refractivity (Wildman–Crippen MR) is 122 cm³/mol. The fourth-order valence-electron chi connectivity index (χ4n) is 4.52. The number of aromatic nitrogens is 3. The maximum Gasteiger partial charge on any atom is 0.271 e. The highest BCUT2D eigenvalue weighted by molar-refractivity contribution is 5.93. The summed E-state index contributed by atoms with van der Waals surface area (Å²) in [5.41, 5.74) is 1.68. The monoisotopic (exact) mass is 463 g/mol. The molecule has 2 fully saturated rings. The van der Waals surface area contributed by atoms with Gasteiger partial charge in [-0.05, 0) is 37.3 Å². The largest absolute Gasteiger partial charge is 0.481 e. The van der Waals surface area contributed by atoms with Crippen molar-refractivity contribution in [1.82, 2.24) is 25.4 Å². The van der Waals surface area contributed by atoms with Crippen LogP contribution in [0.2, 0.25) is 0 Å². The molecule has 0 bridgehead atoms. The van der Waals surface area contributed by atoms with Crippen molar-refractivity contribution >= 4 is 11.8 Å². The van der Waals surface area contributed by atoms with Gasteiger partial charge in [-0.2, -0.15) is 5.10 Å². The molecule has 0 radical (unpaired) electrons. The second-order valence-corrected chi connectivity index (χ2v) is 8.88. The number of methoxy groups -OCH3 is 1. The number of H-pyrrole nitrogens is 1. The minimum absolute atomic E-state index is 0.0550. The van der Waals surface area contributed by atoms with Crippen LogP contribution in [0.4, 0.5) is 4.39 Å². The molecule has 1 saturated carbocycles. The van der Waals surface area contributed by atoms with Crippen LogP contribution in [-0.4, -0.2) is 52.1 Å². The number of aromatic amines is 1. The standard InChI is InChI=1S/C25H26FN5O3/c1-34-22-13-18(19(26)15-27-22)20-14-21(30-29-20)24(33)31-11-7-16(8-12-31)23(32)28-25(9-10-25)17-5-3-2-4-6-17/h2-6,13-16H,7-12H2,1H3,(H,28,32)(H,29,30). The Morgan fingerprint density at radius 3 is 2.59 bits per heavy atom. The molecule has 8 nitrogen and oxygen atoms in total. The highest BCUT2D eigenvalue weighted by Gasteiger charge is 2.46. The van der Waals surface area contributed by atoms with Crippen LogP contribution in [0.3, 0.4) is 0 Å². The first-order valence-electron chi connectivity index (χ1n) is 11.4. The Kier molecular flexibility index (Phi) is 5.77. The summed E-state index contributed by atoms with van der Waals surface area (Å²) in [5.74, 6) is -0.586. The van der Waals surface area contributed by atoms with Gasteiger partial charge in [0.1, 0.15) is 5.69 Å². The van der Waals surface area contributed by atoms with E-state index in [1.165, 1.54) is 19.2 Å². The Hall–Kier alpha value is -3.75. The topological polar surface area (TPSA) is 100 Å². The number of benzene rings is 1. The molecule has 1 aliphatic carbocycles. The molecule has 3 heterocycles. The summed E-state index contributed by atoms with van der Waals surface area (Å²) < 4.78 is 19.2. The molecule has 5 rings (SSSR count). The van der Waals surface area contributed by atoms with Crippen LogP contribution in [0, 0.1) is 11.7 Å². The summed E-state index contributed by atoms with van der Waals surface area (Å²) in [6.07, 6.45) is 4.15. The van der Waals surface area contributed by atoms with Gasteiger partial charge in [0, 0.05) is 30.6 Å². The van der Waals surface area contributed by atoms with Gasteiger partial charge in [0.15, 0.2) is 5.82 Å². The molecular formula is C25H26FN5O3. The van der Waals surface area contributed by atoms with E-state index >= 15 is 0 Å². The summed E-state index contributed by atoms with van der Waals surface area (Å²) in [7, 11) is 1.44. The van der Waals surface area contributed by atoms with Gasteiger partial charge < -0.3 is 15.0 Å². The molecule has 176 valence electrons. The molecule has 0 spiro atoms. The van der Waals surface area contributed by atoms with E-state index in [1.54, 1.807) is 4.90 Å². The van der Waals surface area contributed by atoms with E-state index in [0.29, 0.717) is 31.6 Å². The highest BCUT2D eigenvalue weighted by Crippen LogP contribution is 2.45. The summed E-state index contributed by atoms with van der Waals surface area (Å²) in [6.45, 7) is 0.947. The van der Waals surface area contributed by atoms with Crippen molar-refractivity contribution in [2.75, 3.05) is 20.2 Å². The van der Waals surface area contributed by atoms with Gasteiger partial charge in [-0.3, -0.25) is 14.7 Å². The number of halogens is 1. The van der Waals surface area contributed by atoms with Crippen molar-refractivity contribution in [3.05, 3.63) is 65.7 Å². The van der Waals surface area contributed by atoms with E-state index < -0.39 is 5.82 Å². The fourth-order valence-corrected chi connectivity index (χ4v) is 4.52. The van der Waals surface area contributed by atoms with Gasteiger partial charge in [-0.25, -0.2) is 9.37 Å². The molecule has 2 aliphatic rings. The average Bonchev–Trinajstić information content (AvgIpc) is 3.49. The lowest BCUT2D eigenvalue weighted by Crippen LogP contribution is -2.45. The number of carbonyl (C=O) groups is 2. The molecule has 0 atom stereocenters. The molecule has 34 heavy (non-hydrogen) atoms. The van der Waals surface area contributed by atoms with E-state index in [2.05, 4.69) is 32.6 Å². The molecule has 1 aromatic carbocycles. The zero-order valence-corrected chi connectivity index (χ0v) is 18.9. The molecular weight excluding hydrogens is 437 g/mol. The Bertz CT molecular complexity index is 1200. The van der Waals surface area contributed by atoms with Crippen molar-refractivity contribution in [2.45, 2.75) is 31.2 Å². The summed E-state index contributed by atoms with van der Waals surface area (Å²) >= 11 is 0. The van der Waals surface area contributed by atoms with E-state index in [0.717, 1.165) is 24.6 Å². The Morgan fingerprint density at radius 1 is 1.18 bits per heavy atom. The molecule has 2 amide bonds. The van der Waals surface area contributed by atoms with Gasteiger partial charge in [0.2, 0.25) is 11.8 Å². The second kappa shape index (κ2) is 8.89. The number of rotatable bonds is 6. The van der Waals surface area contributed by atoms with Crippen LogP contribution >= 0.6 is 0 Å². The van der Waals surface area contributed by atoms with Gasteiger partial charge >= 0.3 is 0 Å². The number of hydrogen-bond donors (Lipinski definition) is 2. The number of carbonyl (C=O) groups excluding carboxylic acids is 2. The van der Waals surface area contributed by atoms with Crippen LogP contribution in [0.5, 0.6) is 5.88 Å². The lowest BCUT2D eigenvalue weighted by Gasteiger charge is -2.32. The number of amides is 2. The zero-order valence-electron chi connectivity index (χ0n) is 18.9. The lowest BCUT2D eigenvalue weighted by molar-refractivity contribution is -0.127. The fraction of sp³-hybridized carbons (Fsp3) is 0.360. The number of ether oxygens (including phenoxy) is 1. The second-order valence-electron chi connectivity index (χ2n) is 8.88. The van der Waals surface area contributed by atoms with Crippen LogP contribution in [-0.2, 0) is 10.3 Å². The van der Waals surface area contributed by atoms with Crippen molar-refractivity contribution in [2.24, 2.45) is 5.92 Å². The maximum atomic E-state index is 14.2. The molecule has 0 unspecified atom stereocenters. The zero-order chi connectivity index (χ0) is 23.7. The van der Waals surface area contributed by atoms with Crippen LogP contribution in [0.15, 0.2) is 48.7 Å². The van der Waals surface area contributed by atoms with E-state index in [-0.39, 0.29) is 40.4 Å². The van der Waals surface area contributed by atoms with Gasteiger partial charge in [0.05, 0.1) is 24.5 Å². The van der Waals surface area contributed by atoms with Crippen LogP contribution < -0.4 is 10.1 Å². The van der Waals surface area contributed by atoms with E-state index in [1.807, 2.05) is 18.2 Å². The summed E-state index contributed by atoms with van der Waals surface area (Å²) in [4.78, 5) is 31.4. The molecule has 2 N–H and O–H groups in total. The predicted octanol–water partition coefficient (Wildman–Crippen LogP) is 3.28. The minimum Gasteiger partial charge on any atom is -0.481 e. The van der Waals surface area contributed by atoms with Crippen molar-refractivity contribution in [3.63, 3.8) is 0 Å².